The van der Waals surface area contributed by atoms with E-state index in [4.69, 9.17) is 14.2 Å². The van der Waals surface area contributed by atoms with Crippen molar-refractivity contribution in [3.05, 3.63) is 54.1 Å². The predicted octanol–water partition coefficient (Wildman–Crippen LogP) is 3.03. The van der Waals surface area contributed by atoms with Gasteiger partial charge in [0.1, 0.15) is 19.0 Å². The molecular formula is C20H21NO4. The molecule has 0 bridgehead atoms. The van der Waals surface area contributed by atoms with Crippen LogP contribution in [0.3, 0.4) is 0 Å². The Balaban J connectivity index is 1.34. The number of amides is 1. The van der Waals surface area contributed by atoms with E-state index in [0.717, 1.165) is 35.7 Å². The molecule has 1 saturated carbocycles. The maximum absolute atomic E-state index is 12.3. The van der Waals surface area contributed by atoms with E-state index in [1.54, 1.807) is 0 Å². The van der Waals surface area contributed by atoms with Crippen LogP contribution in [0.5, 0.6) is 17.2 Å². The number of rotatable bonds is 6. The van der Waals surface area contributed by atoms with Crippen molar-refractivity contribution >= 4 is 5.91 Å². The number of nitrogens with one attached hydrogen (secondary N) is 1. The van der Waals surface area contributed by atoms with Crippen LogP contribution in [-0.2, 0) is 10.3 Å². The minimum absolute atomic E-state index is 0.00307. The summed E-state index contributed by atoms with van der Waals surface area (Å²) >= 11 is 0. The van der Waals surface area contributed by atoms with E-state index in [1.807, 2.05) is 48.5 Å². The van der Waals surface area contributed by atoms with Crippen LogP contribution >= 0.6 is 0 Å². The molecule has 1 fully saturated rings. The van der Waals surface area contributed by atoms with Crippen LogP contribution in [0.15, 0.2) is 48.5 Å². The highest BCUT2D eigenvalue weighted by Crippen LogP contribution is 2.47. The first-order valence-corrected chi connectivity index (χ1v) is 8.64. The summed E-state index contributed by atoms with van der Waals surface area (Å²) in [6.45, 7) is 1.51. The zero-order valence-corrected chi connectivity index (χ0v) is 14.0. The minimum Gasteiger partial charge on any atom is -0.493 e. The Morgan fingerprint density at radius 1 is 1.04 bits per heavy atom. The number of fused-ring (bicyclic) bond motifs is 1. The Bertz CT molecular complexity index is 756. The first kappa shape index (κ1) is 15.8. The molecule has 1 heterocycles. The molecule has 0 atom stereocenters. The van der Waals surface area contributed by atoms with Crippen molar-refractivity contribution in [3.8, 4) is 17.2 Å². The Hall–Kier alpha value is -2.69. The number of hydrogen-bond acceptors (Lipinski definition) is 4. The lowest BCUT2D eigenvalue weighted by Gasteiger charge is -2.22. The molecular weight excluding hydrogens is 318 g/mol. The van der Waals surface area contributed by atoms with Crippen molar-refractivity contribution in [1.29, 1.82) is 0 Å². The van der Waals surface area contributed by atoms with Crippen molar-refractivity contribution in [2.75, 3.05) is 19.8 Å². The summed E-state index contributed by atoms with van der Waals surface area (Å²) in [7, 11) is 0. The molecule has 0 unspecified atom stereocenters. The second-order valence-corrected chi connectivity index (χ2v) is 6.40. The first-order valence-electron chi connectivity index (χ1n) is 8.64. The number of para-hydroxylation sites is 1. The highest BCUT2D eigenvalue weighted by atomic mass is 16.6. The van der Waals surface area contributed by atoms with Gasteiger partial charge in [0.15, 0.2) is 11.5 Å². The van der Waals surface area contributed by atoms with Crippen molar-refractivity contribution in [2.24, 2.45) is 0 Å². The molecule has 4 rings (SSSR count). The molecule has 5 heteroatoms. The van der Waals surface area contributed by atoms with E-state index in [9.17, 15) is 4.79 Å². The SMILES string of the molecule is O=C(CCOc1ccccc1)NC1(c2ccc3c(c2)OCCO3)CC1. The third-order valence-corrected chi connectivity index (χ3v) is 4.56. The summed E-state index contributed by atoms with van der Waals surface area (Å²) in [5.41, 5.74) is 0.814. The molecule has 0 saturated heterocycles. The van der Waals surface area contributed by atoms with Crippen LogP contribution in [0.1, 0.15) is 24.8 Å². The lowest BCUT2D eigenvalue weighted by molar-refractivity contribution is -0.122. The number of ether oxygens (including phenoxy) is 3. The molecule has 2 aromatic rings. The number of carbonyl (C=O) groups is 1. The van der Waals surface area contributed by atoms with Gasteiger partial charge in [0.2, 0.25) is 5.91 Å². The van der Waals surface area contributed by atoms with Crippen molar-refractivity contribution < 1.29 is 19.0 Å². The van der Waals surface area contributed by atoms with Gasteiger partial charge >= 0.3 is 0 Å². The van der Waals surface area contributed by atoms with Crippen LogP contribution in [0.2, 0.25) is 0 Å². The van der Waals surface area contributed by atoms with Crippen LogP contribution in [0.4, 0.5) is 0 Å². The molecule has 1 aliphatic heterocycles. The topological polar surface area (TPSA) is 56.8 Å². The average Bonchev–Trinajstić information content (AvgIpc) is 3.43. The molecule has 25 heavy (non-hydrogen) atoms. The van der Waals surface area contributed by atoms with Crippen molar-refractivity contribution in [1.82, 2.24) is 5.32 Å². The Kier molecular flexibility index (Phi) is 4.22. The van der Waals surface area contributed by atoms with Gasteiger partial charge in [-0.1, -0.05) is 24.3 Å². The van der Waals surface area contributed by atoms with Gasteiger partial charge in [-0.05, 0) is 42.7 Å². The lowest BCUT2D eigenvalue weighted by Crippen LogP contribution is -2.35. The summed E-state index contributed by atoms with van der Waals surface area (Å²) < 4.78 is 16.8. The fourth-order valence-electron chi connectivity index (χ4n) is 3.06. The van der Waals surface area contributed by atoms with E-state index >= 15 is 0 Å². The van der Waals surface area contributed by atoms with Gasteiger partial charge in [0.05, 0.1) is 18.6 Å². The van der Waals surface area contributed by atoms with E-state index < -0.39 is 0 Å². The van der Waals surface area contributed by atoms with Gasteiger partial charge in [-0.2, -0.15) is 0 Å². The maximum Gasteiger partial charge on any atom is 0.224 e. The van der Waals surface area contributed by atoms with Crippen LogP contribution in [0.25, 0.3) is 0 Å². The molecule has 1 N–H and O–H groups in total. The summed E-state index contributed by atoms with van der Waals surface area (Å²) in [5, 5.41) is 3.16. The Morgan fingerprint density at radius 2 is 1.80 bits per heavy atom. The van der Waals surface area contributed by atoms with Crippen LogP contribution in [-0.4, -0.2) is 25.7 Å². The summed E-state index contributed by atoms with van der Waals surface area (Å²) in [4.78, 5) is 12.3. The van der Waals surface area contributed by atoms with Gasteiger partial charge < -0.3 is 19.5 Å². The molecule has 5 nitrogen and oxygen atoms in total. The minimum atomic E-state index is -0.264. The quantitative estimate of drug-likeness (QED) is 0.879. The first-order chi connectivity index (χ1) is 12.3. The Morgan fingerprint density at radius 3 is 2.56 bits per heavy atom. The zero-order valence-electron chi connectivity index (χ0n) is 14.0. The molecule has 0 radical (unpaired) electrons. The third-order valence-electron chi connectivity index (χ3n) is 4.56. The highest BCUT2D eigenvalue weighted by Gasteiger charge is 2.46. The van der Waals surface area contributed by atoms with Gasteiger partial charge in [0, 0.05) is 0 Å². The molecule has 2 aromatic carbocycles. The molecule has 1 aliphatic carbocycles. The number of carbonyl (C=O) groups excluding carboxylic acids is 1. The fourth-order valence-corrected chi connectivity index (χ4v) is 3.06. The Labute approximate surface area is 146 Å². The smallest absolute Gasteiger partial charge is 0.224 e. The second kappa shape index (κ2) is 6.67. The van der Waals surface area contributed by atoms with E-state index in [-0.39, 0.29) is 11.4 Å². The van der Waals surface area contributed by atoms with Gasteiger partial charge in [-0.3, -0.25) is 4.79 Å². The normalized spacial score (nSPS) is 16.8. The van der Waals surface area contributed by atoms with Crippen molar-refractivity contribution in [3.63, 3.8) is 0 Å². The molecule has 0 aromatic heterocycles. The van der Waals surface area contributed by atoms with Crippen molar-refractivity contribution in [2.45, 2.75) is 24.8 Å². The maximum atomic E-state index is 12.3. The van der Waals surface area contributed by atoms with Gasteiger partial charge in [-0.25, -0.2) is 0 Å². The summed E-state index contributed by atoms with van der Waals surface area (Å²) in [5.74, 6) is 2.32. The largest absolute Gasteiger partial charge is 0.493 e. The molecule has 2 aliphatic rings. The zero-order chi connectivity index (χ0) is 17.1. The molecule has 0 spiro atoms. The fraction of sp³-hybridized carbons (Fsp3) is 0.350. The predicted molar refractivity (Wildman–Crippen MR) is 93.0 cm³/mol. The average molecular weight is 339 g/mol. The van der Waals surface area contributed by atoms with Crippen LogP contribution < -0.4 is 19.5 Å². The van der Waals surface area contributed by atoms with E-state index in [1.165, 1.54) is 0 Å². The van der Waals surface area contributed by atoms with Gasteiger partial charge in [0.25, 0.3) is 0 Å². The second-order valence-electron chi connectivity index (χ2n) is 6.40. The monoisotopic (exact) mass is 339 g/mol. The standard InChI is InChI=1S/C20H21NO4/c22-19(8-11-23-16-4-2-1-3-5-16)21-20(9-10-20)15-6-7-17-18(14-15)25-13-12-24-17/h1-7,14H,8-13H2,(H,21,22). The molecule has 130 valence electrons. The number of benzene rings is 2. The van der Waals surface area contributed by atoms with E-state index in [2.05, 4.69) is 5.32 Å². The third kappa shape index (κ3) is 3.55. The highest BCUT2D eigenvalue weighted by molar-refractivity contribution is 5.77. The van der Waals surface area contributed by atoms with Crippen LogP contribution in [0, 0.1) is 0 Å². The lowest BCUT2D eigenvalue weighted by atomic mass is 10.0. The molecule has 1 amide bonds. The summed E-state index contributed by atoms with van der Waals surface area (Å²) in [6, 6.07) is 15.5. The van der Waals surface area contributed by atoms with E-state index in [0.29, 0.717) is 26.2 Å². The number of hydrogen-bond donors (Lipinski definition) is 1. The van der Waals surface area contributed by atoms with Gasteiger partial charge in [-0.15, -0.1) is 0 Å². The summed E-state index contributed by atoms with van der Waals surface area (Å²) in [6.07, 6.45) is 2.22.